The van der Waals surface area contributed by atoms with Crippen LogP contribution in [0.2, 0.25) is 0 Å². The summed E-state index contributed by atoms with van der Waals surface area (Å²) in [7, 11) is 1.67. The topological polar surface area (TPSA) is 47.0 Å². The minimum atomic E-state index is 0.710. The van der Waals surface area contributed by atoms with E-state index in [0.717, 1.165) is 31.8 Å². The van der Waals surface area contributed by atoms with Crippen molar-refractivity contribution >= 4 is 38.0 Å². The van der Waals surface area contributed by atoms with Gasteiger partial charge < -0.3 is 10.1 Å². The molecule has 0 aliphatic rings. The number of aromatic nitrogens is 2. The number of nitrogens with zero attached hydrogens (tertiary/aromatic N) is 2. The van der Waals surface area contributed by atoms with E-state index in [1.165, 1.54) is 0 Å². The fourth-order valence-corrected chi connectivity index (χ4v) is 3.27. The van der Waals surface area contributed by atoms with Gasteiger partial charge in [-0.25, -0.2) is 9.97 Å². The quantitative estimate of drug-likeness (QED) is 0.796. The van der Waals surface area contributed by atoms with Crippen molar-refractivity contribution in [3.05, 3.63) is 34.3 Å². The molecule has 0 spiro atoms. The van der Waals surface area contributed by atoms with E-state index < -0.39 is 0 Å². The highest BCUT2D eigenvalue weighted by atomic mass is 32.1. The smallest absolute Gasteiger partial charge is 0.184 e. The van der Waals surface area contributed by atoms with E-state index in [2.05, 4.69) is 20.7 Å². The largest absolute Gasteiger partial charge is 0.497 e. The maximum Gasteiger partial charge on any atom is 0.184 e. The summed E-state index contributed by atoms with van der Waals surface area (Å²) in [6.07, 6.45) is 0. The second-order valence-electron chi connectivity index (χ2n) is 4.06. The molecule has 4 nitrogen and oxygen atoms in total. The van der Waals surface area contributed by atoms with Crippen molar-refractivity contribution in [1.82, 2.24) is 9.97 Å². The highest BCUT2D eigenvalue weighted by Crippen LogP contribution is 2.29. The number of hydrogen-bond donors (Lipinski definition) is 1. The molecular weight excluding hydrogens is 278 g/mol. The first-order valence-electron chi connectivity index (χ1n) is 5.84. The van der Waals surface area contributed by atoms with Crippen LogP contribution in [-0.2, 0) is 6.54 Å². The average molecular weight is 291 g/mol. The second kappa shape index (κ2) is 5.14. The van der Waals surface area contributed by atoms with Gasteiger partial charge in [0, 0.05) is 5.38 Å². The lowest BCUT2D eigenvalue weighted by Gasteiger charge is -1.97. The van der Waals surface area contributed by atoms with Gasteiger partial charge in [0.2, 0.25) is 0 Å². The second-order valence-corrected chi connectivity index (χ2v) is 6.16. The minimum Gasteiger partial charge on any atom is -0.497 e. The Morgan fingerprint density at radius 3 is 2.95 bits per heavy atom. The molecule has 0 atom stereocenters. The van der Waals surface area contributed by atoms with Crippen LogP contribution in [0, 0.1) is 6.92 Å². The molecule has 0 unspecified atom stereocenters. The predicted molar refractivity (Wildman–Crippen MR) is 80.3 cm³/mol. The van der Waals surface area contributed by atoms with E-state index in [0.29, 0.717) is 6.54 Å². The van der Waals surface area contributed by atoms with E-state index in [1.54, 1.807) is 29.8 Å². The summed E-state index contributed by atoms with van der Waals surface area (Å²) < 4.78 is 6.34. The van der Waals surface area contributed by atoms with Gasteiger partial charge in [0.25, 0.3) is 0 Å². The Hall–Kier alpha value is -1.66. The highest BCUT2D eigenvalue weighted by molar-refractivity contribution is 7.22. The van der Waals surface area contributed by atoms with Gasteiger partial charge >= 0.3 is 0 Å². The molecule has 0 saturated carbocycles. The summed E-state index contributed by atoms with van der Waals surface area (Å²) in [5, 5.41) is 7.38. The van der Waals surface area contributed by atoms with Crippen LogP contribution in [-0.4, -0.2) is 17.1 Å². The van der Waals surface area contributed by atoms with Crippen molar-refractivity contribution in [2.24, 2.45) is 0 Å². The Bertz CT molecular complexity index is 705. The number of hydrogen-bond acceptors (Lipinski definition) is 6. The molecular formula is C13H13N3OS2. The molecule has 0 fully saturated rings. The molecule has 0 radical (unpaired) electrons. The number of methoxy groups -OCH3 is 1. The monoisotopic (exact) mass is 291 g/mol. The van der Waals surface area contributed by atoms with Crippen LogP contribution < -0.4 is 10.1 Å². The van der Waals surface area contributed by atoms with Crippen LogP contribution in [0.15, 0.2) is 23.6 Å². The molecule has 1 aromatic carbocycles. The lowest BCUT2D eigenvalue weighted by atomic mass is 10.3. The zero-order chi connectivity index (χ0) is 13.2. The van der Waals surface area contributed by atoms with Crippen molar-refractivity contribution < 1.29 is 4.74 Å². The Morgan fingerprint density at radius 2 is 2.21 bits per heavy atom. The molecule has 0 aliphatic carbocycles. The first-order chi connectivity index (χ1) is 9.24. The first kappa shape index (κ1) is 12.4. The Labute approximate surface area is 119 Å². The standard InChI is InChI=1S/C13H13N3OS2/c1-8-15-9(7-18-8)6-14-13-16-11-4-3-10(17-2)5-12(11)19-13/h3-5,7H,6H2,1-2H3,(H,14,16). The molecule has 2 aromatic heterocycles. The number of aryl methyl sites for hydroxylation is 1. The number of nitrogens with one attached hydrogen (secondary N) is 1. The number of thiazole rings is 2. The summed E-state index contributed by atoms with van der Waals surface area (Å²) in [4.78, 5) is 8.96. The first-order valence-corrected chi connectivity index (χ1v) is 7.53. The number of rotatable bonds is 4. The van der Waals surface area contributed by atoms with Crippen molar-refractivity contribution in [2.45, 2.75) is 13.5 Å². The highest BCUT2D eigenvalue weighted by Gasteiger charge is 2.05. The van der Waals surface area contributed by atoms with Gasteiger partial charge in [-0.2, -0.15) is 0 Å². The summed E-state index contributed by atoms with van der Waals surface area (Å²) in [6.45, 7) is 2.72. The molecule has 2 heterocycles. The Balaban J connectivity index is 1.77. The molecule has 3 rings (SSSR count). The summed E-state index contributed by atoms with van der Waals surface area (Å²) in [6, 6.07) is 5.91. The van der Waals surface area contributed by atoms with Crippen molar-refractivity contribution in [3.63, 3.8) is 0 Å². The molecule has 0 bridgehead atoms. The van der Waals surface area contributed by atoms with E-state index >= 15 is 0 Å². The third-order valence-corrected chi connectivity index (χ3v) is 4.48. The Morgan fingerprint density at radius 1 is 1.32 bits per heavy atom. The van der Waals surface area contributed by atoms with Gasteiger partial charge in [0.15, 0.2) is 5.13 Å². The van der Waals surface area contributed by atoms with Crippen LogP contribution in [0.1, 0.15) is 10.7 Å². The fraction of sp³-hybridized carbons (Fsp3) is 0.231. The van der Waals surface area contributed by atoms with Gasteiger partial charge in [-0.15, -0.1) is 11.3 Å². The third-order valence-electron chi connectivity index (χ3n) is 2.68. The molecule has 19 heavy (non-hydrogen) atoms. The molecule has 98 valence electrons. The van der Waals surface area contributed by atoms with Gasteiger partial charge in [-0.1, -0.05) is 11.3 Å². The number of ether oxygens (including phenoxy) is 1. The van der Waals surface area contributed by atoms with Crippen LogP contribution in [0.3, 0.4) is 0 Å². The van der Waals surface area contributed by atoms with Crippen molar-refractivity contribution in [1.29, 1.82) is 0 Å². The molecule has 0 amide bonds. The normalized spacial score (nSPS) is 10.8. The third kappa shape index (κ3) is 2.69. The minimum absolute atomic E-state index is 0.710. The molecule has 0 saturated heterocycles. The zero-order valence-electron chi connectivity index (χ0n) is 10.6. The van der Waals surface area contributed by atoms with E-state index in [9.17, 15) is 0 Å². The predicted octanol–water partition coefficient (Wildman–Crippen LogP) is 3.68. The number of fused-ring (bicyclic) bond motifs is 1. The van der Waals surface area contributed by atoms with Crippen LogP contribution >= 0.6 is 22.7 Å². The van der Waals surface area contributed by atoms with E-state index in [1.807, 2.05) is 25.1 Å². The van der Waals surface area contributed by atoms with Gasteiger partial charge in [0.05, 0.1) is 34.6 Å². The van der Waals surface area contributed by atoms with E-state index in [4.69, 9.17) is 4.74 Å². The summed E-state index contributed by atoms with van der Waals surface area (Å²) >= 11 is 3.29. The fourth-order valence-electron chi connectivity index (χ4n) is 1.76. The molecule has 3 aromatic rings. The number of anilines is 1. The zero-order valence-corrected chi connectivity index (χ0v) is 12.3. The lowest BCUT2D eigenvalue weighted by Crippen LogP contribution is -1.98. The SMILES string of the molecule is COc1ccc2nc(NCc3csc(C)n3)sc2c1. The van der Waals surface area contributed by atoms with Crippen molar-refractivity contribution in [3.8, 4) is 5.75 Å². The average Bonchev–Trinajstić information content (AvgIpc) is 3.01. The summed E-state index contributed by atoms with van der Waals surface area (Å²) in [5.74, 6) is 0.859. The molecule has 0 aliphatic heterocycles. The summed E-state index contributed by atoms with van der Waals surface area (Å²) in [5.41, 5.74) is 2.04. The van der Waals surface area contributed by atoms with Crippen LogP contribution in [0.4, 0.5) is 5.13 Å². The van der Waals surface area contributed by atoms with Crippen LogP contribution in [0.25, 0.3) is 10.2 Å². The molecule has 1 N–H and O–H groups in total. The van der Waals surface area contributed by atoms with Gasteiger partial charge in [-0.3, -0.25) is 0 Å². The van der Waals surface area contributed by atoms with Gasteiger partial charge in [0.1, 0.15) is 5.75 Å². The Kier molecular flexibility index (Phi) is 3.35. The van der Waals surface area contributed by atoms with Crippen LogP contribution in [0.5, 0.6) is 5.75 Å². The van der Waals surface area contributed by atoms with Gasteiger partial charge in [-0.05, 0) is 25.1 Å². The lowest BCUT2D eigenvalue weighted by molar-refractivity contribution is 0.415. The maximum atomic E-state index is 5.21. The number of benzene rings is 1. The maximum absolute atomic E-state index is 5.21. The van der Waals surface area contributed by atoms with Crippen molar-refractivity contribution in [2.75, 3.05) is 12.4 Å². The van der Waals surface area contributed by atoms with E-state index in [-0.39, 0.29) is 0 Å². The molecule has 6 heteroatoms.